The zero-order chi connectivity index (χ0) is 22.9. The van der Waals surface area contributed by atoms with Gasteiger partial charge < -0.3 is 10.2 Å². The molecule has 4 amide bonds. The van der Waals surface area contributed by atoms with Crippen molar-refractivity contribution in [1.82, 2.24) is 25.3 Å². The van der Waals surface area contributed by atoms with Crippen molar-refractivity contribution in [1.29, 1.82) is 0 Å². The van der Waals surface area contributed by atoms with Crippen LogP contribution in [-0.4, -0.2) is 96.7 Å². The lowest BCUT2D eigenvalue weighted by Gasteiger charge is -2.35. The first-order valence-corrected chi connectivity index (χ1v) is 12.0. The number of nitrogens with zero attached hydrogens (tertiary/aromatic N) is 3. The van der Waals surface area contributed by atoms with Crippen LogP contribution in [-0.2, 0) is 9.59 Å². The van der Waals surface area contributed by atoms with E-state index < -0.39 is 23.8 Å². The fraction of sp³-hybridized carbons (Fsp3) is 0.583. The molecular formula is C24H31N5O4. The molecule has 3 fully saturated rings. The summed E-state index contributed by atoms with van der Waals surface area (Å²) in [4.78, 5) is 55.7. The SMILES string of the molecule is O=C1CCC(N2C(=O)c3ccc(C4CCN(CCN5CCNCC5)CC4)cc3C2=O)C(=O)N1. The van der Waals surface area contributed by atoms with Crippen molar-refractivity contribution in [3.63, 3.8) is 0 Å². The van der Waals surface area contributed by atoms with Crippen LogP contribution in [0.3, 0.4) is 0 Å². The topological polar surface area (TPSA) is 102 Å². The molecule has 4 aliphatic heterocycles. The summed E-state index contributed by atoms with van der Waals surface area (Å²) in [5, 5.41) is 5.63. The Hall–Kier alpha value is -2.62. The number of piperazine rings is 1. The lowest BCUT2D eigenvalue weighted by atomic mass is 9.88. The number of hydrogen-bond acceptors (Lipinski definition) is 7. The molecule has 0 spiro atoms. The van der Waals surface area contributed by atoms with Gasteiger partial charge in [-0.15, -0.1) is 0 Å². The first-order chi connectivity index (χ1) is 16.0. The van der Waals surface area contributed by atoms with E-state index in [1.54, 1.807) is 6.07 Å². The summed E-state index contributed by atoms with van der Waals surface area (Å²) in [6, 6.07) is 4.62. The smallest absolute Gasteiger partial charge is 0.262 e. The summed E-state index contributed by atoms with van der Waals surface area (Å²) in [5.74, 6) is -1.46. The lowest BCUT2D eigenvalue weighted by Crippen LogP contribution is -2.54. The molecule has 0 saturated carbocycles. The lowest BCUT2D eigenvalue weighted by molar-refractivity contribution is -0.136. The molecule has 2 N–H and O–H groups in total. The first kappa shape index (κ1) is 22.2. The third-order valence-electron chi connectivity index (χ3n) is 7.46. The highest BCUT2D eigenvalue weighted by atomic mass is 16.2. The maximum absolute atomic E-state index is 13.1. The summed E-state index contributed by atoms with van der Waals surface area (Å²) in [6.45, 7) is 8.64. The third kappa shape index (κ3) is 4.45. The van der Waals surface area contributed by atoms with Crippen molar-refractivity contribution in [2.45, 2.75) is 37.6 Å². The molecule has 5 rings (SSSR count). The predicted octanol–water partition coefficient (Wildman–Crippen LogP) is 0.172. The zero-order valence-electron chi connectivity index (χ0n) is 18.8. The number of nitrogens with one attached hydrogen (secondary N) is 2. The molecule has 4 aliphatic rings. The van der Waals surface area contributed by atoms with Crippen LogP contribution in [0.25, 0.3) is 0 Å². The van der Waals surface area contributed by atoms with Gasteiger partial charge in [0, 0.05) is 45.7 Å². The summed E-state index contributed by atoms with van der Waals surface area (Å²) in [5.41, 5.74) is 1.81. The van der Waals surface area contributed by atoms with Gasteiger partial charge in [0.05, 0.1) is 11.1 Å². The Bertz CT molecular complexity index is 966. The normalized spacial score (nSPS) is 25.5. The van der Waals surface area contributed by atoms with Crippen molar-refractivity contribution in [3.8, 4) is 0 Å². The fourth-order valence-corrected chi connectivity index (χ4v) is 5.45. The molecule has 1 aromatic carbocycles. The Morgan fingerprint density at radius 1 is 0.818 bits per heavy atom. The Morgan fingerprint density at radius 3 is 2.18 bits per heavy atom. The molecule has 0 aromatic heterocycles. The van der Waals surface area contributed by atoms with Crippen LogP contribution in [0.1, 0.15) is 57.9 Å². The van der Waals surface area contributed by atoms with Crippen LogP contribution < -0.4 is 10.6 Å². The average Bonchev–Trinajstić information content (AvgIpc) is 3.08. The molecule has 4 heterocycles. The van der Waals surface area contributed by atoms with Gasteiger partial charge in [0.1, 0.15) is 6.04 Å². The van der Waals surface area contributed by atoms with Gasteiger partial charge in [-0.3, -0.25) is 34.3 Å². The molecule has 176 valence electrons. The van der Waals surface area contributed by atoms with Gasteiger partial charge in [-0.05, 0) is 56.0 Å². The Morgan fingerprint density at radius 2 is 1.48 bits per heavy atom. The summed E-state index contributed by atoms with van der Waals surface area (Å²) < 4.78 is 0. The summed E-state index contributed by atoms with van der Waals surface area (Å²) >= 11 is 0. The number of amides is 4. The number of benzene rings is 1. The second-order valence-electron chi connectivity index (χ2n) is 9.46. The molecule has 0 aliphatic carbocycles. The highest BCUT2D eigenvalue weighted by Crippen LogP contribution is 2.33. The molecule has 3 saturated heterocycles. The Balaban J connectivity index is 1.21. The van der Waals surface area contributed by atoms with E-state index in [9.17, 15) is 19.2 Å². The van der Waals surface area contributed by atoms with Gasteiger partial charge in [-0.2, -0.15) is 0 Å². The van der Waals surface area contributed by atoms with Gasteiger partial charge in [-0.25, -0.2) is 0 Å². The van der Waals surface area contributed by atoms with E-state index >= 15 is 0 Å². The maximum Gasteiger partial charge on any atom is 0.262 e. The minimum atomic E-state index is -0.919. The van der Waals surface area contributed by atoms with Gasteiger partial charge in [0.2, 0.25) is 11.8 Å². The standard InChI is InChI=1S/C24H31N5O4/c30-21-4-3-20(22(31)26-21)29-23(32)18-2-1-17(15-19(18)24(29)33)16-5-9-27(10-6-16)13-14-28-11-7-25-8-12-28/h1-2,15-16,20,25H,3-14H2,(H,26,30,31). The van der Waals surface area contributed by atoms with E-state index in [1.807, 2.05) is 12.1 Å². The van der Waals surface area contributed by atoms with Crippen molar-refractivity contribution in [2.24, 2.45) is 0 Å². The number of carbonyl (C=O) groups excluding carboxylic acids is 4. The fourth-order valence-electron chi connectivity index (χ4n) is 5.45. The van der Waals surface area contributed by atoms with Crippen LogP contribution in [0.2, 0.25) is 0 Å². The predicted molar refractivity (Wildman–Crippen MR) is 121 cm³/mol. The maximum atomic E-state index is 13.1. The average molecular weight is 454 g/mol. The molecule has 9 nitrogen and oxygen atoms in total. The van der Waals surface area contributed by atoms with E-state index in [4.69, 9.17) is 0 Å². The molecule has 0 radical (unpaired) electrons. The summed E-state index contributed by atoms with van der Waals surface area (Å²) in [7, 11) is 0. The second-order valence-corrected chi connectivity index (χ2v) is 9.46. The molecule has 1 aromatic rings. The minimum Gasteiger partial charge on any atom is -0.314 e. The number of hydrogen-bond donors (Lipinski definition) is 2. The Kier molecular flexibility index (Phi) is 6.27. The van der Waals surface area contributed by atoms with E-state index in [0.717, 1.165) is 75.7 Å². The van der Waals surface area contributed by atoms with Crippen molar-refractivity contribution in [2.75, 3.05) is 52.4 Å². The minimum absolute atomic E-state index is 0.127. The van der Waals surface area contributed by atoms with E-state index in [0.29, 0.717) is 17.0 Å². The third-order valence-corrected chi connectivity index (χ3v) is 7.46. The molecule has 0 bridgehead atoms. The van der Waals surface area contributed by atoms with Crippen molar-refractivity contribution < 1.29 is 19.2 Å². The van der Waals surface area contributed by atoms with E-state index in [1.165, 1.54) is 0 Å². The van der Waals surface area contributed by atoms with E-state index in [-0.39, 0.29) is 18.7 Å². The molecule has 1 atom stereocenters. The van der Waals surface area contributed by atoms with Crippen LogP contribution in [0, 0.1) is 0 Å². The van der Waals surface area contributed by atoms with Crippen LogP contribution >= 0.6 is 0 Å². The van der Waals surface area contributed by atoms with Gasteiger partial charge in [0.25, 0.3) is 11.8 Å². The van der Waals surface area contributed by atoms with Crippen LogP contribution in [0.5, 0.6) is 0 Å². The number of likely N-dealkylation sites (tertiary alicyclic amines) is 1. The van der Waals surface area contributed by atoms with Crippen LogP contribution in [0.15, 0.2) is 18.2 Å². The monoisotopic (exact) mass is 453 g/mol. The molecule has 33 heavy (non-hydrogen) atoms. The van der Waals surface area contributed by atoms with Crippen LogP contribution in [0.4, 0.5) is 0 Å². The molecule has 9 heteroatoms. The summed E-state index contributed by atoms with van der Waals surface area (Å²) in [6.07, 6.45) is 2.36. The number of rotatable bonds is 5. The highest BCUT2D eigenvalue weighted by molar-refractivity contribution is 6.23. The molecule has 1 unspecified atom stereocenters. The van der Waals surface area contributed by atoms with Crippen molar-refractivity contribution >= 4 is 23.6 Å². The zero-order valence-corrected chi connectivity index (χ0v) is 18.8. The quantitative estimate of drug-likeness (QED) is 0.613. The number of fused-ring (bicyclic) bond motifs is 1. The highest BCUT2D eigenvalue weighted by Gasteiger charge is 2.44. The largest absolute Gasteiger partial charge is 0.314 e. The van der Waals surface area contributed by atoms with Gasteiger partial charge in [0.15, 0.2) is 0 Å². The number of imide groups is 2. The number of piperidine rings is 2. The van der Waals surface area contributed by atoms with Gasteiger partial charge >= 0.3 is 0 Å². The van der Waals surface area contributed by atoms with Gasteiger partial charge in [-0.1, -0.05) is 6.07 Å². The second kappa shape index (κ2) is 9.32. The Labute approximate surface area is 193 Å². The van der Waals surface area contributed by atoms with E-state index in [2.05, 4.69) is 20.4 Å². The number of carbonyl (C=O) groups is 4. The van der Waals surface area contributed by atoms with Crippen molar-refractivity contribution in [3.05, 3.63) is 34.9 Å². The first-order valence-electron chi connectivity index (χ1n) is 12.0. The molecular weight excluding hydrogens is 422 g/mol.